The zero-order chi connectivity index (χ0) is 9.54. The molecule has 1 aromatic carbocycles. The average molecular weight is 223 g/mol. The van der Waals surface area contributed by atoms with E-state index in [0.717, 1.165) is 10.9 Å². The molecule has 1 N–H and O–H groups in total. The normalized spacial score (nSPS) is 14.9. The predicted octanol–water partition coefficient (Wildman–Crippen LogP) is 2.63. The molecule has 1 saturated carbocycles. The van der Waals surface area contributed by atoms with E-state index < -0.39 is 0 Å². The highest BCUT2D eigenvalue weighted by atomic mass is 35.5. The van der Waals surface area contributed by atoms with E-state index in [0.29, 0.717) is 11.7 Å². The third kappa shape index (κ3) is 1.75. The molecule has 1 aromatic heterocycles. The molecule has 3 rings (SSSR count). The molecule has 1 heterocycles. The number of aromatic nitrogens is 2. The van der Waals surface area contributed by atoms with E-state index in [1.165, 1.54) is 24.7 Å². The van der Waals surface area contributed by atoms with Crippen molar-refractivity contribution in [2.24, 2.45) is 0 Å². The zero-order valence-corrected chi connectivity index (χ0v) is 8.87. The minimum atomic E-state index is 0. The summed E-state index contributed by atoms with van der Waals surface area (Å²) in [5, 5.41) is 10.5. The maximum atomic E-state index is 9.75. The number of hydrogen-bond acceptors (Lipinski definition) is 3. The summed E-state index contributed by atoms with van der Waals surface area (Å²) < 4.78 is 0. The van der Waals surface area contributed by atoms with E-state index in [9.17, 15) is 5.11 Å². The summed E-state index contributed by atoms with van der Waals surface area (Å²) in [6, 6.07) is 3.89. The maximum absolute atomic E-state index is 9.75. The van der Waals surface area contributed by atoms with Crippen LogP contribution in [-0.4, -0.2) is 15.1 Å². The summed E-state index contributed by atoms with van der Waals surface area (Å²) in [6.45, 7) is 0. The first-order valence-electron chi connectivity index (χ1n) is 4.77. The zero-order valence-electron chi connectivity index (χ0n) is 8.05. The van der Waals surface area contributed by atoms with E-state index >= 15 is 0 Å². The molecule has 1 fully saturated rings. The molecule has 1 aliphatic carbocycles. The Morgan fingerprint density at radius 1 is 1.27 bits per heavy atom. The fraction of sp³-hybridized carbons (Fsp3) is 0.273. The van der Waals surface area contributed by atoms with Crippen LogP contribution < -0.4 is 0 Å². The predicted molar refractivity (Wildman–Crippen MR) is 60.4 cm³/mol. The lowest BCUT2D eigenvalue weighted by atomic mass is 10.1. The number of hydrogen-bond donors (Lipinski definition) is 1. The standard InChI is InChI=1S/C11H10N2O.ClH/c14-11-4-8(7-1-2-7)3-10-9(11)5-12-6-13-10;/h3-7,14H,1-2H2;1H. The summed E-state index contributed by atoms with van der Waals surface area (Å²) in [7, 11) is 0. The van der Waals surface area contributed by atoms with Gasteiger partial charge in [0.15, 0.2) is 0 Å². The summed E-state index contributed by atoms with van der Waals surface area (Å²) >= 11 is 0. The van der Waals surface area contributed by atoms with Gasteiger partial charge in [0.2, 0.25) is 0 Å². The lowest BCUT2D eigenvalue weighted by Gasteiger charge is -2.03. The van der Waals surface area contributed by atoms with E-state index in [-0.39, 0.29) is 12.4 Å². The van der Waals surface area contributed by atoms with E-state index in [1.54, 1.807) is 6.20 Å². The molecule has 0 atom stereocenters. The van der Waals surface area contributed by atoms with Gasteiger partial charge in [-0.2, -0.15) is 0 Å². The SMILES string of the molecule is Cl.Oc1cc(C2CC2)cc2ncncc12. The Morgan fingerprint density at radius 2 is 2.07 bits per heavy atom. The highest BCUT2D eigenvalue weighted by Crippen LogP contribution is 2.42. The minimum absolute atomic E-state index is 0. The number of aromatic hydroxyl groups is 1. The van der Waals surface area contributed by atoms with Crippen molar-refractivity contribution in [1.29, 1.82) is 0 Å². The van der Waals surface area contributed by atoms with Crippen molar-refractivity contribution in [2.75, 3.05) is 0 Å². The Kier molecular flexibility index (Phi) is 2.49. The highest BCUT2D eigenvalue weighted by Gasteiger charge is 2.24. The number of phenolic OH excluding ortho intramolecular Hbond substituents is 1. The van der Waals surface area contributed by atoms with Crippen molar-refractivity contribution in [1.82, 2.24) is 9.97 Å². The smallest absolute Gasteiger partial charge is 0.126 e. The van der Waals surface area contributed by atoms with Gasteiger partial charge in [-0.1, -0.05) is 0 Å². The Morgan fingerprint density at radius 3 is 2.80 bits per heavy atom. The van der Waals surface area contributed by atoms with Crippen LogP contribution >= 0.6 is 12.4 Å². The quantitative estimate of drug-likeness (QED) is 0.807. The van der Waals surface area contributed by atoms with Crippen molar-refractivity contribution in [3.05, 3.63) is 30.2 Å². The Hall–Kier alpha value is -1.35. The van der Waals surface area contributed by atoms with Gasteiger partial charge in [-0.25, -0.2) is 9.97 Å². The van der Waals surface area contributed by atoms with Crippen LogP contribution in [0, 0.1) is 0 Å². The number of fused-ring (bicyclic) bond motifs is 1. The summed E-state index contributed by atoms with van der Waals surface area (Å²) in [6.07, 6.45) is 5.62. The fourth-order valence-corrected chi connectivity index (χ4v) is 1.74. The fourth-order valence-electron chi connectivity index (χ4n) is 1.74. The van der Waals surface area contributed by atoms with Gasteiger partial charge in [0, 0.05) is 6.20 Å². The third-order valence-corrected chi connectivity index (χ3v) is 2.67. The van der Waals surface area contributed by atoms with Crippen LogP contribution in [0.5, 0.6) is 5.75 Å². The summed E-state index contributed by atoms with van der Waals surface area (Å²) in [4.78, 5) is 8.03. The second-order valence-corrected chi connectivity index (χ2v) is 3.77. The second-order valence-electron chi connectivity index (χ2n) is 3.77. The molecule has 0 spiro atoms. The lowest BCUT2D eigenvalue weighted by molar-refractivity contribution is 0.480. The first-order chi connectivity index (χ1) is 6.84. The van der Waals surface area contributed by atoms with Gasteiger partial charge in [0.25, 0.3) is 0 Å². The topological polar surface area (TPSA) is 46.0 Å². The Balaban J connectivity index is 0.000000853. The molecule has 0 amide bonds. The molecule has 0 bridgehead atoms. The van der Waals surface area contributed by atoms with Crippen molar-refractivity contribution < 1.29 is 5.11 Å². The first-order valence-corrected chi connectivity index (χ1v) is 4.77. The first kappa shape index (κ1) is 10.2. The van der Waals surface area contributed by atoms with Gasteiger partial charge < -0.3 is 5.11 Å². The highest BCUT2D eigenvalue weighted by molar-refractivity contribution is 5.85. The number of benzene rings is 1. The number of nitrogens with zero attached hydrogens (tertiary/aromatic N) is 2. The molecule has 0 unspecified atom stereocenters. The van der Waals surface area contributed by atoms with Gasteiger partial charge in [-0.05, 0) is 36.5 Å². The molecule has 78 valence electrons. The average Bonchev–Trinajstić information content (AvgIpc) is 3.01. The molecule has 2 aromatic rings. The van der Waals surface area contributed by atoms with Crippen molar-refractivity contribution in [2.45, 2.75) is 18.8 Å². The van der Waals surface area contributed by atoms with E-state index in [4.69, 9.17) is 0 Å². The van der Waals surface area contributed by atoms with Gasteiger partial charge in [0.1, 0.15) is 12.1 Å². The molecule has 3 nitrogen and oxygen atoms in total. The third-order valence-electron chi connectivity index (χ3n) is 2.67. The molecule has 1 aliphatic rings. The Labute approximate surface area is 93.6 Å². The Bertz CT molecular complexity index is 497. The maximum Gasteiger partial charge on any atom is 0.126 e. The van der Waals surface area contributed by atoms with E-state index in [2.05, 4.69) is 16.0 Å². The number of halogens is 1. The molecule has 0 aliphatic heterocycles. The number of rotatable bonds is 1. The molecular formula is C11H11ClN2O. The summed E-state index contributed by atoms with van der Waals surface area (Å²) in [5.41, 5.74) is 2.04. The van der Waals surface area contributed by atoms with Crippen LogP contribution in [0.2, 0.25) is 0 Å². The van der Waals surface area contributed by atoms with Gasteiger partial charge >= 0.3 is 0 Å². The van der Waals surface area contributed by atoms with E-state index in [1.807, 2.05) is 6.07 Å². The number of phenols is 1. The molecule has 4 heteroatoms. The van der Waals surface area contributed by atoms with Crippen molar-refractivity contribution >= 4 is 23.3 Å². The van der Waals surface area contributed by atoms with Gasteiger partial charge in [-0.15, -0.1) is 12.4 Å². The minimum Gasteiger partial charge on any atom is -0.507 e. The largest absolute Gasteiger partial charge is 0.507 e. The van der Waals surface area contributed by atoms with Crippen LogP contribution in [-0.2, 0) is 0 Å². The van der Waals surface area contributed by atoms with Crippen LogP contribution in [0.4, 0.5) is 0 Å². The lowest BCUT2D eigenvalue weighted by Crippen LogP contribution is -1.85. The van der Waals surface area contributed by atoms with Crippen LogP contribution in [0.15, 0.2) is 24.7 Å². The molecule has 0 radical (unpaired) electrons. The van der Waals surface area contributed by atoms with Gasteiger partial charge in [0.05, 0.1) is 10.9 Å². The van der Waals surface area contributed by atoms with Crippen molar-refractivity contribution in [3.63, 3.8) is 0 Å². The van der Waals surface area contributed by atoms with Crippen molar-refractivity contribution in [3.8, 4) is 5.75 Å². The van der Waals surface area contributed by atoms with Crippen LogP contribution in [0.3, 0.4) is 0 Å². The molecule has 15 heavy (non-hydrogen) atoms. The van der Waals surface area contributed by atoms with Gasteiger partial charge in [-0.3, -0.25) is 0 Å². The summed E-state index contributed by atoms with van der Waals surface area (Å²) in [5.74, 6) is 0.935. The second kappa shape index (κ2) is 3.66. The molecular weight excluding hydrogens is 212 g/mol. The van der Waals surface area contributed by atoms with Crippen LogP contribution in [0.1, 0.15) is 24.3 Å². The molecule has 0 saturated heterocycles. The monoisotopic (exact) mass is 222 g/mol. The van der Waals surface area contributed by atoms with Crippen LogP contribution in [0.25, 0.3) is 10.9 Å².